The first-order valence-corrected chi connectivity index (χ1v) is 5.75. The summed E-state index contributed by atoms with van der Waals surface area (Å²) in [5.74, 6) is -0.579. The van der Waals surface area contributed by atoms with Gasteiger partial charge in [-0.15, -0.1) is 0 Å². The molecule has 2 nitrogen and oxygen atoms in total. The summed E-state index contributed by atoms with van der Waals surface area (Å²) >= 11 is 0. The lowest BCUT2D eigenvalue weighted by molar-refractivity contribution is -0.360. The first kappa shape index (κ1) is 15.1. The molecular weight excluding hydrogens is 293 g/mol. The average Bonchev–Trinajstić information content (AvgIpc) is 2.41. The number of nitrogens with one attached hydrogen (secondary N) is 1. The molecule has 0 fully saturated rings. The first-order valence-electron chi connectivity index (χ1n) is 5.75. The van der Waals surface area contributed by atoms with Gasteiger partial charge in [-0.1, -0.05) is 12.1 Å². The topological polar surface area (TPSA) is 21.3 Å². The Morgan fingerprint density at radius 3 is 1.86 bits per heavy atom. The van der Waals surface area contributed by atoms with Crippen LogP contribution < -0.4 is 10.1 Å². The fourth-order valence-corrected chi connectivity index (χ4v) is 1.45. The normalized spacial score (nSPS) is 12.0. The molecule has 0 aliphatic rings. The largest absolute Gasteiger partial charge is 0.499 e. The summed E-state index contributed by atoms with van der Waals surface area (Å²) in [5, 5.41) is 2.94. The van der Waals surface area contributed by atoms with Crippen LogP contribution in [-0.2, 0) is 0 Å². The highest BCUT2D eigenvalue weighted by molar-refractivity contribution is 5.59. The lowest BCUT2D eigenvalue weighted by atomic mass is 10.2. The lowest BCUT2D eigenvalue weighted by Gasteiger charge is -2.20. The summed E-state index contributed by atoms with van der Waals surface area (Å²) in [6.07, 6.45) is -11.0. The average molecular weight is 302 g/mol. The maximum absolute atomic E-state index is 12.7. The first-order chi connectivity index (χ1) is 9.78. The molecule has 0 unspecified atom stereocenters. The number of hydrogen-bond acceptors (Lipinski definition) is 2. The van der Waals surface area contributed by atoms with E-state index in [9.17, 15) is 22.0 Å². The monoisotopic (exact) mass is 302 g/mol. The molecule has 2 rings (SSSR count). The molecule has 2 aromatic carbocycles. The molecule has 7 heteroatoms. The summed E-state index contributed by atoms with van der Waals surface area (Å²) in [5.41, 5.74) is 1.24. The lowest BCUT2D eigenvalue weighted by Crippen LogP contribution is -2.41. The Labute approximate surface area is 117 Å². The second-order valence-corrected chi connectivity index (χ2v) is 4.05. The van der Waals surface area contributed by atoms with Gasteiger partial charge in [0, 0.05) is 11.4 Å². The van der Waals surface area contributed by atoms with Gasteiger partial charge in [0.1, 0.15) is 5.75 Å². The van der Waals surface area contributed by atoms with Crippen LogP contribution in [0.4, 0.5) is 33.3 Å². The molecule has 111 valence electrons. The molecule has 0 spiro atoms. The third-order valence-corrected chi connectivity index (χ3v) is 2.44. The zero-order valence-electron chi connectivity index (χ0n) is 10.4. The molecule has 21 heavy (non-hydrogen) atoms. The predicted octanol–water partition coefficient (Wildman–Crippen LogP) is 4.76. The molecule has 0 bridgehead atoms. The maximum Gasteiger partial charge on any atom is 0.499 e. The Bertz CT molecular complexity index is 581. The summed E-state index contributed by atoms with van der Waals surface area (Å²) < 4.78 is 65.1. The number of hydrogen-bond donors (Lipinski definition) is 1. The van der Waals surface area contributed by atoms with Gasteiger partial charge in [-0.05, 0) is 42.5 Å². The van der Waals surface area contributed by atoms with Crippen molar-refractivity contribution >= 4 is 11.4 Å². The summed E-state index contributed by atoms with van der Waals surface area (Å²) in [7, 11) is 0. The van der Waals surface area contributed by atoms with Gasteiger partial charge in [-0.2, -0.15) is 22.0 Å². The van der Waals surface area contributed by atoms with Gasteiger partial charge >= 0.3 is 12.3 Å². The third-order valence-electron chi connectivity index (χ3n) is 2.44. The highest BCUT2D eigenvalue weighted by Crippen LogP contribution is 2.37. The summed E-state index contributed by atoms with van der Waals surface area (Å²) in [4.78, 5) is 0. The van der Waals surface area contributed by atoms with E-state index >= 15 is 0 Å². The van der Waals surface area contributed by atoms with Crippen LogP contribution in [0.1, 0.15) is 0 Å². The van der Waals surface area contributed by atoms with Crippen LogP contribution in [0.2, 0.25) is 0 Å². The van der Waals surface area contributed by atoms with Crippen molar-refractivity contribution in [3.05, 3.63) is 54.6 Å². The Kier molecular flexibility index (Phi) is 4.02. The van der Waals surface area contributed by atoms with Crippen LogP contribution >= 0.6 is 0 Å². The zero-order valence-corrected chi connectivity index (χ0v) is 10.4. The van der Waals surface area contributed by atoms with Crippen molar-refractivity contribution in [1.29, 1.82) is 0 Å². The molecule has 0 atom stereocenters. The molecule has 1 radical (unpaired) electrons. The highest BCUT2D eigenvalue weighted by atomic mass is 19.4. The number of rotatable bonds is 4. The van der Waals surface area contributed by atoms with Crippen molar-refractivity contribution in [3.63, 3.8) is 0 Å². The number of halogens is 5. The fraction of sp³-hybridized carbons (Fsp3) is 0.143. The van der Waals surface area contributed by atoms with Gasteiger partial charge in [-0.25, -0.2) is 0 Å². The molecule has 1 N–H and O–H groups in total. The van der Waals surface area contributed by atoms with E-state index < -0.39 is 18.0 Å². The molecule has 0 aromatic heterocycles. The van der Waals surface area contributed by atoms with E-state index in [1.54, 1.807) is 24.3 Å². The smallest absolute Gasteiger partial charge is 0.426 e. The Hall–Kier alpha value is -2.31. The molecular formula is C14H9F5NO. The van der Waals surface area contributed by atoms with Crippen LogP contribution in [0.15, 0.2) is 48.5 Å². The second kappa shape index (κ2) is 5.59. The SMILES string of the molecule is FC(F)(F)C(F)(F)Oc1ccc(Nc2cc[c]cc2)cc1. The van der Waals surface area contributed by atoms with Crippen molar-refractivity contribution in [3.8, 4) is 5.75 Å². The van der Waals surface area contributed by atoms with E-state index in [0.717, 1.165) is 17.8 Å². The van der Waals surface area contributed by atoms with Gasteiger partial charge in [0.15, 0.2) is 0 Å². The zero-order chi connectivity index (χ0) is 15.5. The number of benzene rings is 2. The van der Waals surface area contributed by atoms with Crippen molar-refractivity contribution in [1.82, 2.24) is 0 Å². The minimum atomic E-state index is -5.76. The van der Waals surface area contributed by atoms with Crippen LogP contribution in [-0.4, -0.2) is 12.3 Å². The van der Waals surface area contributed by atoms with Crippen molar-refractivity contribution in [2.75, 3.05) is 5.32 Å². The number of alkyl halides is 5. The van der Waals surface area contributed by atoms with Gasteiger partial charge < -0.3 is 10.1 Å². The third kappa shape index (κ3) is 3.84. The highest BCUT2D eigenvalue weighted by Gasteiger charge is 2.61. The molecule has 0 aliphatic heterocycles. The van der Waals surface area contributed by atoms with Crippen molar-refractivity contribution in [2.45, 2.75) is 12.3 Å². The van der Waals surface area contributed by atoms with Crippen LogP contribution in [0, 0.1) is 6.07 Å². The molecule has 0 heterocycles. The van der Waals surface area contributed by atoms with E-state index in [1.165, 1.54) is 12.1 Å². The summed E-state index contributed by atoms with van der Waals surface area (Å²) in [6.45, 7) is 0. The van der Waals surface area contributed by atoms with Crippen LogP contribution in [0.3, 0.4) is 0 Å². The minimum absolute atomic E-state index is 0.517. The second-order valence-electron chi connectivity index (χ2n) is 4.05. The van der Waals surface area contributed by atoms with Gasteiger partial charge in [0.2, 0.25) is 0 Å². The van der Waals surface area contributed by atoms with Crippen molar-refractivity contribution in [2.24, 2.45) is 0 Å². The molecule has 0 amide bonds. The molecule has 0 saturated carbocycles. The molecule has 0 saturated heterocycles. The van der Waals surface area contributed by atoms with E-state index in [-0.39, 0.29) is 0 Å². The number of anilines is 2. The van der Waals surface area contributed by atoms with Gasteiger partial charge in [-0.3, -0.25) is 0 Å². The Morgan fingerprint density at radius 1 is 0.810 bits per heavy atom. The van der Waals surface area contributed by atoms with Crippen LogP contribution in [0.25, 0.3) is 0 Å². The Balaban J connectivity index is 2.06. The van der Waals surface area contributed by atoms with E-state index in [0.29, 0.717) is 5.69 Å². The quantitative estimate of drug-likeness (QED) is 0.822. The number of ether oxygens (including phenoxy) is 1. The molecule has 2 aromatic rings. The van der Waals surface area contributed by atoms with Gasteiger partial charge in [0.05, 0.1) is 0 Å². The predicted molar refractivity (Wildman–Crippen MR) is 66.6 cm³/mol. The Morgan fingerprint density at radius 2 is 1.33 bits per heavy atom. The minimum Gasteiger partial charge on any atom is -0.426 e. The van der Waals surface area contributed by atoms with Gasteiger partial charge in [0.25, 0.3) is 0 Å². The van der Waals surface area contributed by atoms with Crippen LogP contribution in [0.5, 0.6) is 5.75 Å². The van der Waals surface area contributed by atoms with E-state index in [4.69, 9.17) is 0 Å². The van der Waals surface area contributed by atoms with E-state index in [1.807, 2.05) is 0 Å². The maximum atomic E-state index is 12.7. The standard InChI is InChI=1S/C14H9F5NO/c15-13(16,17)14(18,19)21-12-8-6-11(7-9-12)20-10-4-2-1-3-5-10/h2-9,20H. The summed E-state index contributed by atoms with van der Waals surface area (Å²) in [6, 6.07) is 14.3. The van der Waals surface area contributed by atoms with Crippen molar-refractivity contribution < 1.29 is 26.7 Å². The fourth-order valence-electron chi connectivity index (χ4n) is 1.45. The molecule has 0 aliphatic carbocycles. The van der Waals surface area contributed by atoms with E-state index in [2.05, 4.69) is 16.1 Å².